The van der Waals surface area contributed by atoms with Crippen LogP contribution in [0.25, 0.3) is 11.1 Å². The van der Waals surface area contributed by atoms with Crippen molar-refractivity contribution in [3.8, 4) is 16.9 Å². The molecule has 0 aliphatic heterocycles. The van der Waals surface area contributed by atoms with Gasteiger partial charge in [0, 0.05) is 18.5 Å². The van der Waals surface area contributed by atoms with Crippen LogP contribution in [0.3, 0.4) is 0 Å². The maximum absolute atomic E-state index is 6.31. The number of para-hydroxylation sites is 1. The van der Waals surface area contributed by atoms with Gasteiger partial charge in [-0.2, -0.15) is 5.10 Å². The molecule has 4 nitrogen and oxygen atoms in total. The van der Waals surface area contributed by atoms with Crippen molar-refractivity contribution in [2.24, 2.45) is 7.05 Å². The quantitative estimate of drug-likeness (QED) is 0.935. The van der Waals surface area contributed by atoms with E-state index in [2.05, 4.69) is 6.07 Å². The number of nitrogens with zero attached hydrogens (tertiary/aromatic N) is 2. The molecule has 3 rings (SSSR count). The van der Waals surface area contributed by atoms with Gasteiger partial charge in [-0.05, 0) is 18.9 Å². The fourth-order valence-electron chi connectivity index (χ4n) is 3.35. The van der Waals surface area contributed by atoms with Gasteiger partial charge in [0.1, 0.15) is 11.6 Å². The molecule has 2 aromatic rings. The van der Waals surface area contributed by atoms with Gasteiger partial charge < -0.3 is 10.5 Å². The van der Waals surface area contributed by atoms with Crippen LogP contribution in [0.15, 0.2) is 24.3 Å². The highest BCUT2D eigenvalue weighted by Crippen LogP contribution is 2.42. The average Bonchev–Trinajstić information content (AvgIpc) is 2.83. The van der Waals surface area contributed by atoms with Crippen molar-refractivity contribution in [2.75, 3.05) is 12.8 Å². The first-order chi connectivity index (χ1) is 10.2. The first-order valence-electron chi connectivity index (χ1n) is 7.68. The number of hydrogen-bond donors (Lipinski definition) is 1. The van der Waals surface area contributed by atoms with Crippen LogP contribution >= 0.6 is 0 Å². The minimum atomic E-state index is 0.516. The lowest BCUT2D eigenvalue weighted by atomic mass is 9.84. The first-order valence-corrected chi connectivity index (χ1v) is 7.68. The summed E-state index contributed by atoms with van der Waals surface area (Å²) < 4.78 is 7.31. The van der Waals surface area contributed by atoms with Gasteiger partial charge in [-0.3, -0.25) is 4.68 Å². The summed E-state index contributed by atoms with van der Waals surface area (Å²) >= 11 is 0. The minimum Gasteiger partial charge on any atom is -0.496 e. The molecule has 0 atom stereocenters. The lowest BCUT2D eigenvalue weighted by molar-refractivity contribution is 0.416. The molecule has 1 saturated carbocycles. The maximum Gasteiger partial charge on any atom is 0.129 e. The third kappa shape index (κ3) is 2.50. The van der Waals surface area contributed by atoms with Crippen molar-refractivity contribution >= 4 is 5.82 Å². The number of ether oxygens (including phenoxy) is 1. The number of aromatic nitrogens is 2. The predicted molar refractivity (Wildman–Crippen MR) is 85.4 cm³/mol. The number of nitrogens with two attached hydrogens (primary N) is 1. The number of anilines is 1. The number of benzene rings is 1. The second kappa shape index (κ2) is 5.80. The monoisotopic (exact) mass is 285 g/mol. The van der Waals surface area contributed by atoms with Crippen LogP contribution in [-0.4, -0.2) is 16.9 Å². The summed E-state index contributed by atoms with van der Waals surface area (Å²) in [5.74, 6) is 2.09. The molecule has 21 heavy (non-hydrogen) atoms. The molecule has 1 heterocycles. The molecule has 0 bridgehead atoms. The van der Waals surface area contributed by atoms with Crippen molar-refractivity contribution in [3.05, 3.63) is 30.0 Å². The number of aryl methyl sites for hydroxylation is 1. The van der Waals surface area contributed by atoms with Crippen molar-refractivity contribution < 1.29 is 4.74 Å². The second-order valence-electron chi connectivity index (χ2n) is 5.80. The number of hydrogen-bond acceptors (Lipinski definition) is 3. The standard InChI is InChI=1S/C17H23N3O/c1-20-17(18)15(13-10-6-7-11-14(13)21-2)16(19-20)12-8-4-3-5-9-12/h6-7,10-12H,3-5,8-9,18H2,1-2H3. The van der Waals surface area contributed by atoms with Crippen LogP contribution in [0.1, 0.15) is 43.7 Å². The zero-order chi connectivity index (χ0) is 14.8. The maximum atomic E-state index is 6.31. The smallest absolute Gasteiger partial charge is 0.129 e. The largest absolute Gasteiger partial charge is 0.496 e. The van der Waals surface area contributed by atoms with E-state index in [0.717, 1.165) is 28.4 Å². The Labute approximate surface area is 125 Å². The predicted octanol–water partition coefficient (Wildman–Crippen LogP) is 3.73. The van der Waals surface area contributed by atoms with Crippen molar-refractivity contribution in [1.29, 1.82) is 0 Å². The first kappa shape index (κ1) is 14.0. The summed E-state index contributed by atoms with van der Waals surface area (Å²) in [6.07, 6.45) is 6.32. The van der Waals surface area contributed by atoms with E-state index in [9.17, 15) is 0 Å². The van der Waals surface area contributed by atoms with Gasteiger partial charge in [0.05, 0.1) is 18.4 Å². The van der Waals surface area contributed by atoms with Crippen molar-refractivity contribution in [3.63, 3.8) is 0 Å². The van der Waals surface area contributed by atoms with E-state index in [1.807, 2.05) is 25.2 Å². The van der Waals surface area contributed by atoms with Crippen molar-refractivity contribution in [1.82, 2.24) is 9.78 Å². The molecule has 0 radical (unpaired) electrons. The lowest BCUT2D eigenvalue weighted by Gasteiger charge is -2.21. The van der Waals surface area contributed by atoms with E-state index in [4.69, 9.17) is 15.6 Å². The van der Waals surface area contributed by atoms with E-state index in [0.29, 0.717) is 5.92 Å². The molecular weight excluding hydrogens is 262 g/mol. The molecule has 0 spiro atoms. The molecule has 1 aromatic carbocycles. The Balaban J connectivity index is 2.12. The Kier molecular flexibility index (Phi) is 3.86. The van der Waals surface area contributed by atoms with Crippen LogP contribution in [0, 0.1) is 0 Å². The van der Waals surface area contributed by atoms with Crippen LogP contribution in [0.4, 0.5) is 5.82 Å². The molecule has 0 unspecified atom stereocenters. The molecule has 2 N–H and O–H groups in total. The Morgan fingerprint density at radius 3 is 2.62 bits per heavy atom. The van der Waals surface area contributed by atoms with Gasteiger partial charge in [0.15, 0.2) is 0 Å². The molecule has 0 amide bonds. The highest BCUT2D eigenvalue weighted by atomic mass is 16.5. The van der Waals surface area contributed by atoms with E-state index in [1.165, 1.54) is 32.1 Å². The summed E-state index contributed by atoms with van der Waals surface area (Å²) in [4.78, 5) is 0. The molecule has 1 fully saturated rings. The van der Waals surface area contributed by atoms with Gasteiger partial charge >= 0.3 is 0 Å². The summed E-state index contributed by atoms with van der Waals surface area (Å²) in [7, 11) is 3.62. The van der Waals surface area contributed by atoms with Gasteiger partial charge in [-0.15, -0.1) is 0 Å². The van der Waals surface area contributed by atoms with E-state index in [1.54, 1.807) is 11.8 Å². The van der Waals surface area contributed by atoms with E-state index < -0.39 is 0 Å². The van der Waals surface area contributed by atoms with Gasteiger partial charge in [-0.25, -0.2) is 0 Å². The lowest BCUT2D eigenvalue weighted by Crippen LogP contribution is -2.07. The fourth-order valence-corrected chi connectivity index (χ4v) is 3.35. The van der Waals surface area contributed by atoms with E-state index in [-0.39, 0.29) is 0 Å². The summed E-state index contributed by atoms with van der Waals surface area (Å²) in [5, 5.41) is 4.72. The second-order valence-corrected chi connectivity index (χ2v) is 5.80. The minimum absolute atomic E-state index is 0.516. The highest BCUT2D eigenvalue weighted by Gasteiger charge is 2.26. The summed E-state index contributed by atoms with van der Waals surface area (Å²) in [5.41, 5.74) is 9.55. The number of methoxy groups -OCH3 is 1. The van der Waals surface area contributed by atoms with Crippen LogP contribution in [-0.2, 0) is 7.05 Å². The molecule has 112 valence electrons. The third-order valence-electron chi connectivity index (χ3n) is 4.49. The fraction of sp³-hybridized carbons (Fsp3) is 0.471. The van der Waals surface area contributed by atoms with Crippen LogP contribution in [0.5, 0.6) is 5.75 Å². The molecule has 0 saturated heterocycles. The van der Waals surface area contributed by atoms with Gasteiger partial charge in [0.2, 0.25) is 0 Å². The number of rotatable bonds is 3. The van der Waals surface area contributed by atoms with Gasteiger partial charge in [-0.1, -0.05) is 37.5 Å². The summed E-state index contributed by atoms with van der Waals surface area (Å²) in [6, 6.07) is 8.05. The number of nitrogen functional groups attached to an aromatic ring is 1. The molecular formula is C17H23N3O. The van der Waals surface area contributed by atoms with Crippen LogP contribution in [0.2, 0.25) is 0 Å². The SMILES string of the molecule is COc1ccccc1-c1c(C2CCCCC2)nn(C)c1N. The van der Waals surface area contributed by atoms with Crippen LogP contribution < -0.4 is 10.5 Å². The van der Waals surface area contributed by atoms with Gasteiger partial charge in [0.25, 0.3) is 0 Å². The zero-order valence-electron chi connectivity index (χ0n) is 12.8. The Bertz CT molecular complexity index is 627. The molecule has 4 heteroatoms. The normalized spacial score (nSPS) is 16.1. The third-order valence-corrected chi connectivity index (χ3v) is 4.49. The molecule has 1 aliphatic rings. The average molecular weight is 285 g/mol. The van der Waals surface area contributed by atoms with E-state index >= 15 is 0 Å². The topological polar surface area (TPSA) is 53.1 Å². The Morgan fingerprint density at radius 1 is 1.19 bits per heavy atom. The van der Waals surface area contributed by atoms with Crippen molar-refractivity contribution in [2.45, 2.75) is 38.0 Å². The Hall–Kier alpha value is -1.97. The summed E-state index contributed by atoms with van der Waals surface area (Å²) in [6.45, 7) is 0. The molecule has 1 aliphatic carbocycles. The zero-order valence-corrected chi connectivity index (χ0v) is 12.8. The Morgan fingerprint density at radius 2 is 1.90 bits per heavy atom. The highest BCUT2D eigenvalue weighted by molar-refractivity contribution is 5.81. The molecule has 1 aromatic heterocycles.